The van der Waals surface area contributed by atoms with E-state index in [9.17, 15) is 0 Å². The van der Waals surface area contributed by atoms with Crippen LogP contribution in [0.4, 0.5) is 0 Å². The highest BCUT2D eigenvalue weighted by Crippen LogP contribution is 2.46. The third-order valence-electron chi connectivity index (χ3n) is 13.1. The third-order valence-corrected chi connectivity index (χ3v) is 13.1. The zero-order chi connectivity index (χ0) is 45.0. The van der Waals surface area contributed by atoms with E-state index in [1.165, 1.54) is 0 Å². The first kappa shape index (κ1) is 39.2. The minimum atomic E-state index is 0.577. The predicted molar refractivity (Wildman–Crippen MR) is 279 cm³/mol. The Hall–Kier alpha value is -9.19. The highest BCUT2D eigenvalue weighted by atomic mass is 16.3. The first-order valence-corrected chi connectivity index (χ1v) is 22.9. The molecule has 0 amide bonds. The van der Waals surface area contributed by atoms with E-state index < -0.39 is 0 Å². The van der Waals surface area contributed by atoms with Crippen LogP contribution in [0, 0.1) is 0 Å². The Balaban J connectivity index is 1.10. The lowest BCUT2D eigenvalue weighted by Crippen LogP contribution is -2.01. The second kappa shape index (κ2) is 16.4. The lowest BCUT2D eigenvalue weighted by molar-refractivity contribution is 0.673. The van der Waals surface area contributed by atoms with Crippen LogP contribution in [-0.2, 0) is 0 Å². The molecule has 0 aliphatic heterocycles. The van der Waals surface area contributed by atoms with E-state index in [2.05, 4.69) is 211 Å². The number of para-hydroxylation sites is 2. The first-order chi connectivity index (χ1) is 33.7. The molecule has 3 aromatic heterocycles. The van der Waals surface area contributed by atoms with Crippen LogP contribution in [0.3, 0.4) is 0 Å². The number of furan rings is 1. The van der Waals surface area contributed by atoms with Crippen LogP contribution in [0.2, 0.25) is 0 Å². The molecule has 13 aromatic rings. The van der Waals surface area contributed by atoms with Gasteiger partial charge in [-0.05, 0) is 93.0 Å². The minimum Gasteiger partial charge on any atom is -0.455 e. The highest BCUT2D eigenvalue weighted by Gasteiger charge is 2.24. The summed E-state index contributed by atoms with van der Waals surface area (Å²) in [4.78, 5) is 15.8. The van der Waals surface area contributed by atoms with E-state index in [1.54, 1.807) is 0 Å². The van der Waals surface area contributed by atoms with Crippen molar-refractivity contribution in [2.45, 2.75) is 0 Å². The molecule has 0 radical (unpaired) electrons. The number of fused-ring (bicyclic) bond motifs is 7. The lowest BCUT2D eigenvalue weighted by atomic mass is 9.88. The maximum Gasteiger partial charge on any atom is 0.164 e. The number of hydrogen-bond donors (Lipinski definition) is 0. The Labute approximate surface area is 392 Å². The fourth-order valence-corrected chi connectivity index (χ4v) is 9.94. The highest BCUT2D eigenvalue weighted by molar-refractivity contribution is 6.26. The van der Waals surface area contributed by atoms with Crippen LogP contribution in [-0.4, -0.2) is 19.5 Å². The van der Waals surface area contributed by atoms with Crippen LogP contribution in [0.15, 0.2) is 247 Å². The van der Waals surface area contributed by atoms with Gasteiger partial charge >= 0.3 is 0 Å². The largest absolute Gasteiger partial charge is 0.455 e. The van der Waals surface area contributed by atoms with E-state index in [0.29, 0.717) is 17.5 Å². The first-order valence-electron chi connectivity index (χ1n) is 22.9. The second-order valence-corrected chi connectivity index (χ2v) is 17.1. The standard InChI is InChI=1S/C63H40N4O/c1-6-19-41(20-7-1)45-33-35-48(42-21-8-2-9-22-42)53(39-45)46-34-36-49(54(40-46)63-65-61(43-23-10-3-11-24-43)64-62(66-63)44-25-12-4-13-26-44)50-30-18-32-57-58(50)52-37-38-56-59(60(52)68-57)51-29-16-17-31-55(51)67(56)47-27-14-5-15-28-47/h1-40H. The summed E-state index contributed by atoms with van der Waals surface area (Å²) in [6, 6.07) is 85.1. The molecule has 5 nitrogen and oxygen atoms in total. The van der Waals surface area contributed by atoms with E-state index in [4.69, 9.17) is 19.4 Å². The molecular weight excluding hydrogens is 829 g/mol. The molecule has 0 aliphatic carbocycles. The minimum absolute atomic E-state index is 0.577. The van der Waals surface area contributed by atoms with Gasteiger partial charge in [0, 0.05) is 38.5 Å². The Morgan fingerprint density at radius 1 is 0.294 bits per heavy atom. The van der Waals surface area contributed by atoms with Gasteiger partial charge in [-0.25, -0.2) is 15.0 Å². The SMILES string of the molecule is c1ccc(-c2ccc(-c3ccccc3)c(-c3ccc(-c4cccc5oc6c(ccc7c6c6ccccc6n7-c6ccccc6)c45)c(-c4nc(-c5ccccc5)nc(-c5ccccc5)n4)c3)c2)cc1. The Bertz CT molecular complexity index is 3940. The van der Waals surface area contributed by atoms with Gasteiger partial charge in [-0.2, -0.15) is 0 Å². The summed E-state index contributed by atoms with van der Waals surface area (Å²) in [5.41, 5.74) is 16.4. The van der Waals surface area contributed by atoms with Crippen molar-refractivity contribution in [3.63, 3.8) is 0 Å². The zero-order valence-corrected chi connectivity index (χ0v) is 36.8. The number of benzene rings is 10. The fraction of sp³-hybridized carbons (Fsp3) is 0. The number of nitrogens with zero attached hydrogens (tertiary/aromatic N) is 4. The molecule has 318 valence electrons. The molecule has 0 spiro atoms. The van der Waals surface area contributed by atoms with Gasteiger partial charge in [0.1, 0.15) is 11.2 Å². The average molecular weight is 869 g/mol. The fourth-order valence-electron chi connectivity index (χ4n) is 9.94. The molecule has 0 saturated heterocycles. The smallest absolute Gasteiger partial charge is 0.164 e. The van der Waals surface area contributed by atoms with E-state index in [1.807, 2.05) is 36.4 Å². The van der Waals surface area contributed by atoms with Crippen molar-refractivity contribution in [2.24, 2.45) is 0 Å². The molecule has 5 heteroatoms. The van der Waals surface area contributed by atoms with Crippen molar-refractivity contribution in [1.82, 2.24) is 19.5 Å². The third kappa shape index (κ3) is 6.68. The van der Waals surface area contributed by atoms with Crippen LogP contribution >= 0.6 is 0 Å². The van der Waals surface area contributed by atoms with Crippen LogP contribution in [0.5, 0.6) is 0 Å². The summed E-state index contributed by atoms with van der Waals surface area (Å²) >= 11 is 0. The molecule has 0 saturated carbocycles. The monoisotopic (exact) mass is 868 g/mol. The molecule has 13 rings (SSSR count). The summed E-state index contributed by atoms with van der Waals surface area (Å²) < 4.78 is 9.38. The van der Waals surface area contributed by atoms with Gasteiger partial charge in [0.05, 0.1) is 16.4 Å². The Morgan fingerprint density at radius 3 is 1.54 bits per heavy atom. The molecule has 0 N–H and O–H groups in total. The molecule has 10 aromatic carbocycles. The number of hydrogen-bond acceptors (Lipinski definition) is 4. The van der Waals surface area contributed by atoms with Gasteiger partial charge < -0.3 is 8.98 Å². The van der Waals surface area contributed by atoms with Gasteiger partial charge in [0.2, 0.25) is 0 Å². The molecule has 0 fully saturated rings. The summed E-state index contributed by atoms with van der Waals surface area (Å²) in [6.07, 6.45) is 0. The molecule has 3 heterocycles. The van der Waals surface area contributed by atoms with Crippen molar-refractivity contribution in [1.29, 1.82) is 0 Å². The molecule has 0 bridgehead atoms. The Kier molecular flexibility index (Phi) is 9.43. The van der Waals surface area contributed by atoms with Crippen molar-refractivity contribution < 1.29 is 4.42 Å². The molecule has 68 heavy (non-hydrogen) atoms. The van der Waals surface area contributed by atoms with Crippen molar-refractivity contribution >= 4 is 43.7 Å². The maximum absolute atomic E-state index is 7.04. The summed E-state index contributed by atoms with van der Waals surface area (Å²) in [5, 5.41) is 4.30. The summed E-state index contributed by atoms with van der Waals surface area (Å²) in [7, 11) is 0. The van der Waals surface area contributed by atoms with Gasteiger partial charge in [-0.15, -0.1) is 0 Å². The van der Waals surface area contributed by atoms with Gasteiger partial charge in [-0.1, -0.05) is 194 Å². The molecule has 0 atom stereocenters. The van der Waals surface area contributed by atoms with Crippen molar-refractivity contribution in [3.8, 4) is 84.4 Å². The van der Waals surface area contributed by atoms with Gasteiger partial charge in [-0.3, -0.25) is 0 Å². The quantitative estimate of drug-likeness (QED) is 0.153. The van der Waals surface area contributed by atoms with E-state index >= 15 is 0 Å². The van der Waals surface area contributed by atoms with E-state index in [-0.39, 0.29) is 0 Å². The molecular formula is C63H40N4O. The van der Waals surface area contributed by atoms with E-state index in [0.717, 1.165) is 111 Å². The van der Waals surface area contributed by atoms with Gasteiger partial charge in [0.15, 0.2) is 17.5 Å². The normalized spacial score (nSPS) is 11.5. The van der Waals surface area contributed by atoms with Gasteiger partial charge in [0.25, 0.3) is 0 Å². The van der Waals surface area contributed by atoms with Crippen LogP contribution < -0.4 is 0 Å². The topological polar surface area (TPSA) is 56.7 Å². The lowest BCUT2D eigenvalue weighted by Gasteiger charge is -2.17. The molecule has 0 aliphatic rings. The average Bonchev–Trinajstić information content (AvgIpc) is 3.98. The Morgan fingerprint density at radius 2 is 0.853 bits per heavy atom. The number of rotatable bonds is 8. The predicted octanol–water partition coefficient (Wildman–Crippen LogP) is 16.5. The van der Waals surface area contributed by atoms with Crippen LogP contribution in [0.25, 0.3) is 128 Å². The van der Waals surface area contributed by atoms with Crippen molar-refractivity contribution in [2.75, 3.05) is 0 Å². The second-order valence-electron chi connectivity index (χ2n) is 17.1. The van der Waals surface area contributed by atoms with Crippen LogP contribution in [0.1, 0.15) is 0 Å². The zero-order valence-electron chi connectivity index (χ0n) is 36.8. The maximum atomic E-state index is 7.04. The summed E-state index contributed by atoms with van der Waals surface area (Å²) in [6.45, 7) is 0. The van der Waals surface area contributed by atoms with Crippen molar-refractivity contribution in [3.05, 3.63) is 243 Å². The summed E-state index contributed by atoms with van der Waals surface area (Å²) in [5.74, 6) is 1.78. The number of aromatic nitrogens is 4. The molecule has 0 unspecified atom stereocenters.